The van der Waals surface area contributed by atoms with Crippen LogP contribution in [0.15, 0.2) is 0 Å². The van der Waals surface area contributed by atoms with Crippen LogP contribution >= 0.6 is 0 Å². The van der Waals surface area contributed by atoms with E-state index in [2.05, 4.69) is 20.8 Å². The molecule has 5 rings (SSSR count). The highest BCUT2D eigenvalue weighted by Gasteiger charge is 2.64. The highest BCUT2D eigenvalue weighted by molar-refractivity contribution is 5.83. The second kappa shape index (κ2) is 12.5. The van der Waals surface area contributed by atoms with Crippen LogP contribution in [0.4, 0.5) is 0 Å². The Kier molecular flexibility index (Phi) is 9.78. The largest absolute Gasteiger partial charge is 0.394 e. The minimum absolute atomic E-state index is 0.00392. The van der Waals surface area contributed by atoms with Crippen molar-refractivity contribution in [3.05, 3.63) is 0 Å². The number of ketones is 1. The molecule has 1 saturated heterocycles. The van der Waals surface area contributed by atoms with Crippen molar-refractivity contribution in [3.8, 4) is 0 Å². The molecule has 0 aromatic rings. The second-order valence-electron chi connectivity index (χ2n) is 15.7. The first-order valence-electron chi connectivity index (χ1n) is 16.7. The summed E-state index contributed by atoms with van der Waals surface area (Å²) in [6.45, 7) is 9.88. The number of carbonyl (C=O) groups excluding carboxylic acids is 1. The Morgan fingerprint density at radius 2 is 1.60 bits per heavy atom. The van der Waals surface area contributed by atoms with Gasteiger partial charge < -0.3 is 45.2 Å². The summed E-state index contributed by atoms with van der Waals surface area (Å²) in [6, 6.07) is 0. The normalized spacial score (nSPS) is 50.5. The van der Waals surface area contributed by atoms with E-state index in [0.717, 1.165) is 19.3 Å². The lowest BCUT2D eigenvalue weighted by molar-refractivity contribution is -0.315. The van der Waals surface area contributed by atoms with Crippen molar-refractivity contribution in [1.82, 2.24) is 0 Å². The van der Waals surface area contributed by atoms with Crippen molar-refractivity contribution in [2.75, 3.05) is 6.61 Å². The van der Waals surface area contributed by atoms with Gasteiger partial charge in [0.15, 0.2) is 6.29 Å². The lowest BCUT2D eigenvalue weighted by Crippen LogP contribution is -2.61. The highest BCUT2D eigenvalue weighted by Crippen LogP contribution is 2.68. The first kappa shape index (κ1) is 33.7. The molecule has 10 nitrogen and oxygen atoms in total. The predicted molar refractivity (Wildman–Crippen MR) is 156 cm³/mol. The van der Waals surface area contributed by atoms with E-state index >= 15 is 0 Å². The molecule has 0 bridgehead atoms. The Morgan fingerprint density at radius 1 is 0.930 bits per heavy atom. The minimum atomic E-state index is -1.50. The molecule has 5 aliphatic rings. The predicted octanol–water partition coefficient (Wildman–Crippen LogP) is 1.38. The number of hydrogen-bond acceptors (Lipinski definition) is 10. The molecular weight excluding hydrogens is 556 g/mol. The summed E-state index contributed by atoms with van der Waals surface area (Å²) in [5.41, 5.74) is -0.349. The number of aliphatic hydroxyl groups is 7. The standard InChI is InChI=1S/C33H56O10/c1-15(2)27(38)24(37)10-16(3)26-23(36)13-20-18-12-22(35)21-11-17(6-8-32(21,4)19(18)7-9-33(20,26)5)42-31-30(41)29(40)28(39)25(14-34)43-31/h15-21,23-31,34,36-41H,6-14H2,1-5H3/t16-,17?,18-,19+,20+,21-,23+,24-,25-,26+,27+,28-,29+,30-,31-,32-,33+/m1/s1. The quantitative estimate of drug-likeness (QED) is 0.198. The van der Waals surface area contributed by atoms with Crippen LogP contribution in [-0.4, -0.2) is 103 Å². The van der Waals surface area contributed by atoms with Crippen LogP contribution in [0, 0.1) is 52.3 Å². The minimum Gasteiger partial charge on any atom is -0.394 e. The van der Waals surface area contributed by atoms with Crippen molar-refractivity contribution in [3.63, 3.8) is 0 Å². The number of fused-ring (bicyclic) bond motifs is 5. The number of carbonyl (C=O) groups is 1. The number of ether oxygens (including phenoxy) is 2. The molecule has 248 valence electrons. The molecule has 0 aromatic heterocycles. The highest BCUT2D eigenvalue weighted by atomic mass is 16.7. The summed E-state index contributed by atoms with van der Waals surface area (Å²) in [5.74, 6) is 0.745. The molecule has 1 aliphatic heterocycles. The molecule has 5 fully saturated rings. The fourth-order valence-electron chi connectivity index (χ4n) is 10.7. The van der Waals surface area contributed by atoms with E-state index in [1.807, 2.05) is 13.8 Å². The van der Waals surface area contributed by atoms with Gasteiger partial charge >= 0.3 is 0 Å². The molecule has 0 radical (unpaired) electrons. The topological polar surface area (TPSA) is 177 Å². The molecule has 1 heterocycles. The maximum absolute atomic E-state index is 13.9. The van der Waals surface area contributed by atoms with E-state index in [1.165, 1.54) is 0 Å². The van der Waals surface area contributed by atoms with E-state index in [1.54, 1.807) is 0 Å². The van der Waals surface area contributed by atoms with Crippen LogP contribution in [-0.2, 0) is 14.3 Å². The smallest absolute Gasteiger partial charge is 0.186 e. The van der Waals surface area contributed by atoms with Crippen LogP contribution in [0.5, 0.6) is 0 Å². The van der Waals surface area contributed by atoms with Gasteiger partial charge in [-0.3, -0.25) is 4.79 Å². The first-order valence-corrected chi connectivity index (χ1v) is 16.7. The Balaban J connectivity index is 1.28. The van der Waals surface area contributed by atoms with E-state index < -0.39 is 55.6 Å². The fraction of sp³-hybridized carbons (Fsp3) is 0.970. The van der Waals surface area contributed by atoms with Crippen molar-refractivity contribution >= 4 is 5.78 Å². The van der Waals surface area contributed by atoms with Crippen LogP contribution in [0.1, 0.15) is 86.0 Å². The lowest BCUT2D eigenvalue weighted by atomic mass is 9.44. The molecular formula is C33H56O10. The third-order valence-corrected chi connectivity index (χ3v) is 13.0. The van der Waals surface area contributed by atoms with Crippen LogP contribution < -0.4 is 0 Å². The van der Waals surface area contributed by atoms with E-state index in [9.17, 15) is 40.5 Å². The maximum Gasteiger partial charge on any atom is 0.186 e. The van der Waals surface area contributed by atoms with Gasteiger partial charge in [-0.25, -0.2) is 0 Å². The Bertz CT molecular complexity index is 991. The summed E-state index contributed by atoms with van der Waals surface area (Å²) >= 11 is 0. The Morgan fingerprint density at radius 3 is 2.26 bits per heavy atom. The van der Waals surface area contributed by atoms with Gasteiger partial charge in [0.2, 0.25) is 0 Å². The maximum atomic E-state index is 13.9. The number of Topliss-reactive ketones (excluding diaryl/α,β-unsaturated/α-hetero) is 1. The zero-order valence-electron chi connectivity index (χ0n) is 26.5. The number of hydrogen-bond donors (Lipinski definition) is 7. The molecule has 0 spiro atoms. The van der Waals surface area contributed by atoms with Crippen molar-refractivity contribution in [2.45, 2.75) is 141 Å². The first-order chi connectivity index (χ1) is 20.1. The van der Waals surface area contributed by atoms with Crippen LogP contribution in [0.3, 0.4) is 0 Å². The fourth-order valence-corrected chi connectivity index (χ4v) is 10.7. The van der Waals surface area contributed by atoms with Gasteiger partial charge in [-0.2, -0.15) is 0 Å². The SMILES string of the molecule is CC(C)[C@H](O)[C@H](O)C[C@@H](C)[C@H]1[C@@H](O)C[C@H]2[C@@H]3CC(=O)[C@H]4CC(O[C@@H]5O[C@H](CO)[C@@H](O)[C@H](O)[C@H]5O)CC[C@]4(C)[C@H]3CC[C@]12C. The van der Waals surface area contributed by atoms with Gasteiger partial charge in [-0.15, -0.1) is 0 Å². The molecule has 17 atom stereocenters. The van der Waals surface area contributed by atoms with Crippen LogP contribution in [0.2, 0.25) is 0 Å². The molecule has 0 aromatic carbocycles. The third kappa shape index (κ3) is 5.76. The molecule has 43 heavy (non-hydrogen) atoms. The van der Waals surface area contributed by atoms with Crippen molar-refractivity contribution in [1.29, 1.82) is 0 Å². The molecule has 4 aliphatic carbocycles. The van der Waals surface area contributed by atoms with Crippen molar-refractivity contribution in [2.24, 2.45) is 52.3 Å². The summed E-state index contributed by atoms with van der Waals surface area (Å²) in [6.07, 6.45) is -3.73. The van der Waals surface area contributed by atoms with E-state index in [0.29, 0.717) is 38.0 Å². The third-order valence-electron chi connectivity index (χ3n) is 13.0. The zero-order valence-corrected chi connectivity index (χ0v) is 26.5. The zero-order chi connectivity index (χ0) is 31.6. The molecule has 4 saturated carbocycles. The second-order valence-corrected chi connectivity index (χ2v) is 15.7. The monoisotopic (exact) mass is 612 g/mol. The van der Waals surface area contributed by atoms with Crippen molar-refractivity contribution < 1.29 is 50.0 Å². The van der Waals surface area contributed by atoms with Gasteiger partial charge in [0, 0.05) is 12.3 Å². The van der Waals surface area contributed by atoms with Crippen LogP contribution in [0.25, 0.3) is 0 Å². The average Bonchev–Trinajstić information content (AvgIpc) is 3.23. The van der Waals surface area contributed by atoms with E-state index in [-0.39, 0.29) is 58.2 Å². The average molecular weight is 613 g/mol. The van der Waals surface area contributed by atoms with Gasteiger partial charge in [0.25, 0.3) is 0 Å². The molecule has 0 amide bonds. The lowest BCUT2D eigenvalue weighted by Gasteiger charge is -2.60. The van der Waals surface area contributed by atoms with Gasteiger partial charge in [0.05, 0.1) is 31.0 Å². The van der Waals surface area contributed by atoms with Gasteiger partial charge in [-0.05, 0) is 91.3 Å². The number of rotatable bonds is 8. The molecule has 7 N–H and O–H groups in total. The molecule has 1 unspecified atom stereocenters. The summed E-state index contributed by atoms with van der Waals surface area (Å²) in [5, 5.41) is 72.9. The number of aliphatic hydroxyl groups excluding tert-OH is 7. The summed E-state index contributed by atoms with van der Waals surface area (Å²) < 4.78 is 11.7. The Hall–Kier alpha value is -0.690. The Labute approximate surface area is 255 Å². The van der Waals surface area contributed by atoms with Gasteiger partial charge in [-0.1, -0.05) is 34.6 Å². The van der Waals surface area contributed by atoms with E-state index in [4.69, 9.17) is 9.47 Å². The summed E-state index contributed by atoms with van der Waals surface area (Å²) in [7, 11) is 0. The summed E-state index contributed by atoms with van der Waals surface area (Å²) in [4.78, 5) is 13.9. The van der Waals surface area contributed by atoms with Gasteiger partial charge in [0.1, 0.15) is 30.2 Å². The molecule has 10 heteroatoms.